The van der Waals surface area contributed by atoms with Crippen LogP contribution in [0.15, 0.2) is 32.5 Å². The second kappa shape index (κ2) is 6.94. The normalized spacial score (nSPS) is 24.8. The molecular weight excluding hydrogens is 439 g/mol. The molecule has 9 heteroatoms. The van der Waals surface area contributed by atoms with Crippen LogP contribution >= 0.6 is 39.0 Å². The molecule has 5 nitrogen and oxygen atoms in total. The second-order valence-electron chi connectivity index (χ2n) is 6.41. The largest absolute Gasteiger partial charge is 0.379 e. The van der Waals surface area contributed by atoms with Crippen LogP contribution in [-0.2, 0) is 5.54 Å². The fraction of sp³-hybridized carbons (Fsp3) is 0.353. The summed E-state index contributed by atoms with van der Waals surface area (Å²) in [4.78, 5) is 21.1. The van der Waals surface area contributed by atoms with E-state index in [1.807, 2.05) is 0 Å². The average Bonchev–Trinajstić information content (AvgIpc) is 3.23. The summed E-state index contributed by atoms with van der Waals surface area (Å²) in [5, 5.41) is 4.97. The third-order valence-electron chi connectivity index (χ3n) is 4.93. The molecule has 2 aliphatic rings. The Bertz CT molecular complexity index is 903. The van der Waals surface area contributed by atoms with E-state index in [-0.39, 0.29) is 17.6 Å². The molecule has 0 spiro atoms. The molecule has 1 saturated carbocycles. The van der Waals surface area contributed by atoms with Crippen molar-refractivity contribution in [2.45, 2.75) is 24.8 Å². The first-order chi connectivity index (χ1) is 12.5. The van der Waals surface area contributed by atoms with E-state index in [2.05, 4.69) is 31.2 Å². The maximum atomic E-state index is 14.7. The Morgan fingerprint density at radius 1 is 1.46 bits per heavy atom. The number of benzene rings is 1. The molecule has 1 aliphatic heterocycles. The van der Waals surface area contributed by atoms with Crippen molar-refractivity contribution in [3.8, 4) is 0 Å². The number of carbonyl (C=O) groups excluding carboxylic acids is 1. The highest BCUT2D eigenvalue weighted by Crippen LogP contribution is 2.51. The number of fused-ring (bicyclic) bond motifs is 1. The van der Waals surface area contributed by atoms with Crippen LogP contribution < -0.4 is 11.1 Å². The van der Waals surface area contributed by atoms with Gasteiger partial charge in [0.25, 0.3) is 5.91 Å². The number of hydrogen-bond donors (Lipinski definition) is 2. The first-order valence-corrected chi connectivity index (χ1v) is 10.8. The quantitative estimate of drug-likeness (QED) is 0.721. The molecular formula is C17H16BrFN4OS2. The van der Waals surface area contributed by atoms with E-state index in [1.54, 1.807) is 17.5 Å². The van der Waals surface area contributed by atoms with Crippen molar-refractivity contribution in [1.82, 2.24) is 4.98 Å². The number of anilines is 1. The highest BCUT2D eigenvalue weighted by Gasteiger charge is 2.48. The van der Waals surface area contributed by atoms with Gasteiger partial charge in [-0.2, -0.15) is 0 Å². The van der Waals surface area contributed by atoms with Gasteiger partial charge in [-0.25, -0.2) is 9.37 Å². The lowest BCUT2D eigenvalue weighted by Crippen LogP contribution is -2.37. The molecule has 1 aromatic heterocycles. The third kappa shape index (κ3) is 3.16. The van der Waals surface area contributed by atoms with Crippen LogP contribution in [0.2, 0.25) is 0 Å². The van der Waals surface area contributed by atoms with E-state index >= 15 is 0 Å². The monoisotopic (exact) mass is 454 g/mol. The Balaban J connectivity index is 1.68. The molecule has 0 saturated heterocycles. The van der Waals surface area contributed by atoms with Crippen molar-refractivity contribution in [3.63, 3.8) is 0 Å². The molecule has 4 rings (SSSR count). The Hall–Kier alpha value is -1.45. The van der Waals surface area contributed by atoms with Gasteiger partial charge in [-0.15, -0.1) is 11.3 Å². The number of hydrogen-bond acceptors (Lipinski definition) is 6. The van der Waals surface area contributed by atoms with Crippen LogP contribution in [0.25, 0.3) is 0 Å². The Morgan fingerprint density at radius 3 is 3.08 bits per heavy atom. The molecule has 1 fully saturated rings. The van der Waals surface area contributed by atoms with Crippen molar-refractivity contribution >= 4 is 55.8 Å². The molecule has 0 radical (unpaired) electrons. The number of amidine groups is 1. The number of carbonyl (C=O) groups is 1. The van der Waals surface area contributed by atoms with Gasteiger partial charge in [0.05, 0.1) is 5.54 Å². The SMILES string of the molecule is NC1=NC2(c3cc(NC(=O)c4csc(Br)n4)ccc3F)CCC[C@H]2CS1. The molecule has 1 aliphatic carbocycles. The van der Waals surface area contributed by atoms with E-state index < -0.39 is 5.54 Å². The van der Waals surface area contributed by atoms with Gasteiger partial charge in [-0.1, -0.05) is 18.2 Å². The number of halogens is 2. The number of aromatic nitrogens is 1. The van der Waals surface area contributed by atoms with Crippen LogP contribution in [0.5, 0.6) is 0 Å². The van der Waals surface area contributed by atoms with Gasteiger partial charge in [0, 0.05) is 22.4 Å². The van der Waals surface area contributed by atoms with Gasteiger partial charge >= 0.3 is 0 Å². The van der Waals surface area contributed by atoms with Gasteiger partial charge < -0.3 is 11.1 Å². The molecule has 136 valence electrons. The van der Waals surface area contributed by atoms with Gasteiger partial charge in [0.2, 0.25) is 0 Å². The average molecular weight is 455 g/mol. The zero-order chi connectivity index (χ0) is 18.3. The predicted molar refractivity (Wildman–Crippen MR) is 107 cm³/mol. The first-order valence-electron chi connectivity index (χ1n) is 8.18. The minimum Gasteiger partial charge on any atom is -0.379 e. The van der Waals surface area contributed by atoms with Crippen molar-refractivity contribution in [1.29, 1.82) is 0 Å². The number of rotatable bonds is 3. The van der Waals surface area contributed by atoms with Crippen molar-refractivity contribution < 1.29 is 9.18 Å². The van der Waals surface area contributed by atoms with Gasteiger partial charge in [0.1, 0.15) is 11.5 Å². The lowest BCUT2D eigenvalue weighted by atomic mass is 9.81. The third-order valence-corrected chi connectivity index (χ3v) is 7.25. The molecule has 3 N–H and O–H groups in total. The Morgan fingerprint density at radius 2 is 2.31 bits per heavy atom. The summed E-state index contributed by atoms with van der Waals surface area (Å²) in [7, 11) is 0. The van der Waals surface area contributed by atoms with Gasteiger partial charge in [0.15, 0.2) is 9.08 Å². The lowest BCUT2D eigenvalue weighted by molar-refractivity contribution is 0.102. The van der Waals surface area contributed by atoms with Crippen LogP contribution in [0.3, 0.4) is 0 Å². The smallest absolute Gasteiger partial charge is 0.275 e. The summed E-state index contributed by atoms with van der Waals surface area (Å²) >= 11 is 6.11. The predicted octanol–water partition coefficient (Wildman–Crippen LogP) is 4.35. The van der Waals surface area contributed by atoms with Crippen LogP contribution in [0.1, 0.15) is 35.3 Å². The number of thioether (sulfide) groups is 1. The highest BCUT2D eigenvalue weighted by molar-refractivity contribution is 9.11. The molecule has 2 atom stereocenters. The summed E-state index contributed by atoms with van der Waals surface area (Å²) in [6, 6.07) is 4.64. The number of nitrogens with zero attached hydrogens (tertiary/aromatic N) is 2. The number of nitrogens with one attached hydrogen (secondary N) is 1. The minimum atomic E-state index is -0.621. The first kappa shape index (κ1) is 17.9. The Kier molecular flexibility index (Phi) is 4.79. The van der Waals surface area contributed by atoms with E-state index in [9.17, 15) is 9.18 Å². The topological polar surface area (TPSA) is 80.4 Å². The standard InChI is InChI=1S/C17H16BrFN4OS2/c18-15-22-13(8-25-15)14(24)21-10-3-4-12(19)11(6-10)17-5-1-2-9(17)7-26-16(20)23-17/h3-4,6,8-9H,1-2,5,7H2,(H2,20,23)(H,21,24)/t9-,17?/m0/s1. The number of aliphatic imine (C=N–C) groups is 1. The molecule has 0 bridgehead atoms. The van der Waals surface area contributed by atoms with E-state index in [4.69, 9.17) is 5.73 Å². The maximum absolute atomic E-state index is 14.7. The fourth-order valence-corrected chi connectivity index (χ4v) is 5.78. The highest BCUT2D eigenvalue weighted by atomic mass is 79.9. The summed E-state index contributed by atoms with van der Waals surface area (Å²) in [6.07, 6.45) is 2.77. The lowest BCUT2D eigenvalue weighted by Gasteiger charge is -2.36. The van der Waals surface area contributed by atoms with E-state index in [0.29, 0.717) is 26.0 Å². The zero-order valence-electron chi connectivity index (χ0n) is 13.7. The maximum Gasteiger partial charge on any atom is 0.275 e. The van der Waals surface area contributed by atoms with Crippen molar-refractivity contribution in [2.75, 3.05) is 11.1 Å². The molecule has 1 amide bonds. The number of thiazole rings is 1. The molecule has 2 heterocycles. The fourth-order valence-electron chi connectivity index (χ4n) is 3.75. The number of nitrogens with two attached hydrogens (primary N) is 1. The summed E-state index contributed by atoms with van der Waals surface area (Å²) in [6.45, 7) is 0. The number of amides is 1. The molecule has 1 unspecified atom stereocenters. The molecule has 1 aromatic carbocycles. The van der Waals surface area contributed by atoms with Crippen LogP contribution in [-0.4, -0.2) is 21.8 Å². The van der Waals surface area contributed by atoms with Crippen molar-refractivity contribution in [2.24, 2.45) is 16.6 Å². The van der Waals surface area contributed by atoms with Gasteiger partial charge in [-0.05, 0) is 52.9 Å². The van der Waals surface area contributed by atoms with E-state index in [1.165, 1.54) is 29.2 Å². The summed E-state index contributed by atoms with van der Waals surface area (Å²) in [5.74, 6) is 0.467. The zero-order valence-corrected chi connectivity index (χ0v) is 16.9. The van der Waals surface area contributed by atoms with Crippen LogP contribution in [0, 0.1) is 11.7 Å². The second-order valence-corrected chi connectivity index (χ2v) is 9.58. The van der Waals surface area contributed by atoms with Crippen LogP contribution in [0.4, 0.5) is 10.1 Å². The summed E-state index contributed by atoms with van der Waals surface area (Å²) < 4.78 is 15.4. The molecule has 2 aromatic rings. The van der Waals surface area contributed by atoms with Gasteiger partial charge in [-0.3, -0.25) is 9.79 Å². The van der Waals surface area contributed by atoms with E-state index in [0.717, 1.165) is 25.0 Å². The molecule has 26 heavy (non-hydrogen) atoms. The minimum absolute atomic E-state index is 0.259. The summed E-state index contributed by atoms with van der Waals surface area (Å²) in [5.41, 5.74) is 6.71. The van der Waals surface area contributed by atoms with Crippen molar-refractivity contribution in [3.05, 3.63) is 44.6 Å². The Labute approximate surface area is 166 Å².